The quantitative estimate of drug-likeness (QED) is 0.621. The molecule has 1 rings (SSSR count). The van der Waals surface area contributed by atoms with Crippen LogP contribution in [-0.2, 0) is 4.74 Å². The highest BCUT2D eigenvalue weighted by atomic mass is 16.5. The van der Waals surface area contributed by atoms with Gasteiger partial charge in [0.25, 0.3) is 0 Å². The highest BCUT2D eigenvalue weighted by Gasteiger charge is 2.23. The van der Waals surface area contributed by atoms with Crippen molar-refractivity contribution in [2.45, 2.75) is 25.8 Å². The van der Waals surface area contributed by atoms with E-state index in [0.29, 0.717) is 6.04 Å². The van der Waals surface area contributed by atoms with Crippen molar-refractivity contribution in [2.75, 3.05) is 60.5 Å². The number of hydrogen-bond acceptors (Lipinski definition) is 4. The molecule has 1 heterocycles. The first-order chi connectivity index (χ1) is 8.67. The van der Waals surface area contributed by atoms with Gasteiger partial charge < -0.3 is 15.0 Å². The smallest absolute Gasteiger partial charge is 0.0630 e. The summed E-state index contributed by atoms with van der Waals surface area (Å²) < 4.78 is 5.35. The van der Waals surface area contributed by atoms with E-state index in [9.17, 15) is 0 Å². The topological polar surface area (TPSA) is 27.7 Å². The number of ether oxygens (including phenoxy) is 1. The Hall–Kier alpha value is -0.160. The second kappa shape index (κ2) is 8.86. The van der Waals surface area contributed by atoms with Gasteiger partial charge in [-0.2, -0.15) is 0 Å². The van der Waals surface area contributed by atoms with Crippen molar-refractivity contribution < 1.29 is 4.74 Å². The van der Waals surface area contributed by atoms with Gasteiger partial charge in [-0.25, -0.2) is 0 Å². The third-order valence-corrected chi connectivity index (χ3v) is 3.82. The van der Waals surface area contributed by atoms with Crippen LogP contribution in [0.2, 0.25) is 0 Å². The lowest BCUT2D eigenvalue weighted by Gasteiger charge is -2.30. The normalized spacial score (nSPS) is 22.8. The average Bonchev–Trinajstić information content (AvgIpc) is 2.74. The minimum absolute atomic E-state index is 0.493. The average molecular weight is 257 g/mol. The number of methoxy groups -OCH3 is 1. The first-order valence-corrected chi connectivity index (χ1v) is 7.25. The van der Waals surface area contributed by atoms with Gasteiger partial charge in [0.2, 0.25) is 0 Å². The zero-order chi connectivity index (χ0) is 13.4. The van der Waals surface area contributed by atoms with Gasteiger partial charge in [0, 0.05) is 32.8 Å². The lowest BCUT2D eigenvalue weighted by atomic mass is 10.1. The summed E-state index contributed by atoms with van der Waals surface area (Å²) in [6.07, 6.45) is 2.53. The van der Waals surface area contributed by atoms with E-state index in [-0.39, 0.29) is 0 Å². The van der Waals surface area contributed by atoms with Crippen LogP contribution in [-0.4, -0.2) is 76.4 Å². The van der Waals surface area contributed by atoms with Crippen molar-refractivity contribution in [3.63, 3.8) is 0 Å². The zero-order valence-corrected chi connectivity index (χ0v) is 12.6. The molecule has 0 amide bonds. The molecule has 0 spiro atoms. The summed E-state index contributed by atoms with van der Waals surface area (Å²) in [4.78, 5) is 4.90. The zero-order valence-electron chi connectivity index (χ0n) is 12.6. The van der Waals surface area contributed by atoms with Crippen LogP contribution in [0.5, 0.6) is 0 Å². The van der Waals surface area contributed by atoms with Crippen LogP contribution in [0.3, 0.4) is 0 Å². The number of likely N-dealkylation sites (tertiary alicyclic amines) is 1. The van der Waals surface area contributed by atoms with Crippen LogP contribution in [0.4, 0.5) is 0 Å². The number of nitrogens with one attached hydrogen (secondary N) is 1. The second-order valence-corrected chi connectivity index (χ2v) is 5.67. The van der Waals surface area contributed by atoms with Gasteiger partial charge >= 0.3 is 0 Å². The van der Waals surface area contributed by atoms with Gasteiger partial charge in [0.15, 0.2) is 0 Å². The Bertz CT molecular complexity index is 213. The maximum Gasteiger partial charge on any atom is 0.0630 e. The predicted octanol–water partition coefficient (Wildman–Crippen LogP) is 0.885. The number of likely N-dealkylation sites (N-methyl/N-ethyl adjacent to an activating group) is 1. The van der Waals surface area contributed by atoms with E-state index in [1.807, 2.05) is 0 Å². The molecule has 18 heavy (non-hydrogen) atoms. The lowest BCUT2D eigenvalue weighted by Crippen LogP contribution is -2.45. The Labute approximate surface area is 113 Å². The summed E-state index contributed by atoms with van der Waals surface area (Å²) in [5.41, 5.74) is 0. The summed E-state index contributed by atoms with van der Waals surface area (Å²) in [5, 5.41) is 3.50. The number of hydrogen-bond donors (Lipinski definition) is 1. The summed E-state index contributed by atoms with van der Waals surface area (Å²) in [6.45, 7) is 8.83. The van der Waals surface area contributed by atoms with Gasteiger partial charge in [0.1, 0.15) is 0 Å². The maximum atomic E-state index is 5.35. The molecule has 0 aromatic rings. The van der Waals surface area contributed by atoms with Crippen LogP contribution >= 0.6 is 0 Å². The van der Waals surface area contributed by atoms with Crippen molar-refractivity contribution in [1.82, 2.24) is 15.1 Å². The SMILES string of the molecule is CCCNCC(COC)N(C)CC1CCN(C)C1. The number of nitrogens with zero attached hydrogens (tertiary/aromatic N) is 2. The fraction of sp³-hybridized carbons (Fsp3) is 1.00. The molecule has 1 fully saturated rings. The molecule has 0 radical (unpaired) electrons. The Morgan fingerprint density at radius 1 is 1.50 bits per heavy atom. The standard InChI is InChI=1S/C14H31N3O/c1-5-7-15-9-14(12-18-4)17(3)11-13-6-8-16(2)10-13/h13-15H,5-12H2,1-4H3. The van der Waals surface area contributed by atoms with E-state index >= 15 is 0 Å². The Morgan fingerprint density at radius 3 is 2.83 bits per heavy atom. The maximum absolute atomic E-state index is 5.35. The van der Waals surface area contributed by atoms with Gasteiger partial charge in [-0.05, 0) is 45.9 Å². The van der Waals surface area contributed by atoms with Crippen molar-refractivity contribution in [3.8, 4) is 0 Å². The van der Waals surface area contributed by atoms with Crippen molar-refractivity contribution in [1.29, 1.82) is 0 Å². The van der Waals surface area contributed by atoms with Crippen LogP contribution in [0.25, 0.3) is 0 Å². The van der Waals surface area contributed by atoms with Crippen molar-refractivity contribution in [2.24, 2.45) is 5.92 Å². The molecule has 0 aromatic carbocycles. The van der Waals surface area contributed by atoms with Crippen molar-refractivity contribution >= 4 is 0 Å². The molecule has 0 aromatic heterocycles. The fourth-order valence-electron chi connectivity index (χ4n) is 2.71. The third kappa shape index (κ3) is 5.65. The molecule has 1 N–H and O–H groups in total. The Kier molecular flexibility index (Phi) is 7.82. The molecule has 0 aliphatic carbocycles. The monoisotopic (exact) mass is 257 g/mol. The third-order valence-electron chi connectivity index (χ3n) is 3.82. The molecular weight excluding hydrogens is 226 g/mol. The number of rotatable bonds is 9. The molecule has 1 aliphatic heterocycles. The van der Waals surface area contributed by atoms with E-state index < -0.39 is 0 Å². The highest BCUT2D eigenvalue weighted by molar-refractivity contribution is 4.79. The summed E-state index contributed by atoms with van der Waals surface area (Å²) in [7, 11) is 6.25. The van der Waals surface area contributed by atoms with Gasteiger partial charge in [0.05, 0.1) is 6.61 Å². The van der Waals surface area contributed by atoms with Crippen LogP contribution in [0.15, 0.2) is 0 Å². The summed E-state index contributed by atoms with van der Waals surface area (Å²) >= 11 is 0. The molecule has 0 bridgehead atoms. The van der Waals surface area contributed by atoms with E-state index in [1.54, 1.807) is 7.11 Å². The molecule has 108 valence electrons. The minimum Gasteiger partial charge on any atom is -0.383 e. The molecule has 1 saturated heterocycles. The summed E-state index contributed by atoms with van der Waals surface area (Å²) in [6, 6.07) is 0.493. The van der Waals surface area contributed by atoms with Crippen LogP contribution in [0.1, 0.15) is 19.8 Å². The Balaban J connectivity index is 2.30. The van der Waals surface area contributed by atoms with E-state index in [1.165, 1.54) is 32.5 Å². The molecule has 4 nitrogen and oxygen atoms in total. The largest absolute Gasteiger partial charge is 0.383 e. The van der Waals surface area contributed by atoms with Crippen LogP contribution < -0.4 is 5.32 Å². The second-order valence-electron chi connectivity index (χ2n) is 5.67. The van der Waals surface area contributed by atoms with E-state index in [0.717, 1.165) is 25.6 Å². The predicted molar refractivity (Wildman–Crippen MR) is 77.1 cm³/mol. The highest BCUT2D eigenvalue weighted by Crippen LogP contribution is 2.16. The molecule has 1 aliphatic rings. The molecule has 2 unspecified atom stereocenters. The molecule has 0 saturated carbocycles. The fourth-order valence-corrected chi connectivity index (χ4v) is 2.71. The molecule has 4 heteroatoms. The Morgan fingerprint density at radius 2 is 2.28 bits per heavy atom. The first kappa shape index (κ1) is 15.9. The van der Waals surface area contributed by atoms with Gasteiger partial charge in [-0.3, -0.25) is 4.90 Å². The summed E-state index contributed by atoms with van der Waals surface area (Å²) in [5.74, 6) is 0.825. The van der Waals surface area contributed by atoms with E-state index in [2.05, 4.69) is 36.1 Å². The van der Waals surface area contributed by atoms with Gasteiger partial charge in [-0.15, -0.1) is 0 Å². The van der Waals surface area contributed by atoms with Crippen molar-refractivity contribution in [3.05, 3.63) is 0 Å². The lowest BCUT2D eigenvalue weighted by molar-refractivity contribution is 0.0962. The molecule has 2 atom stereocenters. The minimum atomic E-state index is 0.493. The molecular formula is C14H31N3O. The van der Waals surface area contributed by atoms with E-state index in [4.69, 9.17) is 4.74 Å². The van der Waals surface area contributed by atoms with Crippen LogP contribution in [0, 0.1) is 5.92 Å². The van der Waals surface area contributed by atoms with Gasteiger partial charge in [-0.1, -0.05) is 6.92 Å². The first-order valence-electron chi connectivity index (χ1n) is 7.25.